The molecule has 0 aromatic rings. The van der Waals surface area contributed by atoms with E-state index < -0.39 is 0 Å². The molecule has 112 valence electrons. The molecule has 0 aromatic heterocycles. The number of rotatable bonds is 5. The minimum atomic E-state index is 0.294. The molecular weight excluding hydrogens is 232 g/mol. The molecule has 2 fully saturated rings. The average Bonchev–Trinajstić information content (AvgIpc) is 2.94. The molecule has 2 nitrogen and oxygen atoms in total. The van der Waals surface area contributed by atoms with Gasteiger partial charge >= 0.3 is 0 Å². The first-order chi connectivity index (χ1) is 8.88. The Hall–Kier alpha value is -0.0800. The summed E-state index contributed by atoms with van der Waals surface area (Å²) in [6, 6.07) is 0.805. The second kappa shape index (κ2) is 5.73. The Kier molecular flexibility index (Phi) is 4.62. The van der Waals surface area contributed by atoms with Gasteiger partial charge in [-0.05, 0) is 43.4 Å². The van der Waals surface area contributed by atoms with Gasteiger partial charge in [0.2, 0.25) is 0 Å². The lowest BCUT2D eigenvalue weighted by molar-refractivity contribution is 0.0348. The van der Waals surface area contributed by atoms with E-state index in [1.165, 1.54) is 51.5 Å². The lowest BCUT2D eigenvalue weighted by atomic mass is 9.85. The predicted octanol–water partition coefficient (Wildman–Crippen LogP) is 3.79. The lowest BCUT2D eigenvalue weighted by Crippen LogP contribution is -2.57. The zero-order valence-electron chi connectivity index (χ0n) is 13.5. The summed E-state index contributed by atoms with van der Waals surface area (Å²) < 4.78 is 0. The van der Waals surface area contributed by atoms with Crippen LogP contribution in [0.25, 0.3) is 0 Å². The van der Waals surface area contributed by atoms with Crippen LogP contribution in [0.2, 0.25) is 0 Å². The monoisotopic (exact) mass is 266 g/mol. The Labute approximate surface area is 120 Å². The minimum Gasteiger partial charge on any atom is -0.329 e. The third-order valence-electron chi connectivity index (χ3n) is 5.39. The van der Waals surface area contributed by atoms with E-state index in [0.29, 0.717) is 11.0 Å². The van der Waals surface area contributed by atoms with E-state index in [-0.39, 0.29) is 0 Å². The topological polar surface area (TPSA) is 29.3 Å². The van der Waals surface area contributed by atoms with Crippen molar-refractivity contribution in [2.24, 2.45) is 17.1 Å². The first-order valence-corrected chi connectivity index (χ1v) is 8.35. The van der Waals surface area contributed by atoms with Crippen LogP contribution < -0.4 is 5.73 Å². The fraction of sp³-hybridized carbons (Fsp3) is 1.00. The van der Waals surface area contributed by atoms with E-state index >= 15 is 0 Å². The Balaban J connectivity index is 2.19. The number of hydrogen-bond acceptors (Lipinski definition) is 2. The first-order valence-electron chi connectivity index (χ1n) is 8.35. The van der Waals surface area contributed by atoms with Crippen molar-refractivity contribution in [3.05, 3.63) is 0 Å². The third-order valence-corrected chi connectivity index (χ3v) is 5.39. The minimum absolute atomic E-state index is 0.294. The summed E-state index contributed by atoms with van der Waals surface area (Å²) in [4.78, 5) is 2.85. The molecule has 2 N–H and O–H groups in total. The van der Waals surface area contributed by atoms with Crippen molar-refractivity contribution in [1.29, 1.82) is 0 Å². The van der Waals surface area contributed by atoms with Gasteiger partial charge in [-0.15, -0.1) is 0 Å². The van der Waals surface area contributed by atoms with Crippen molar-refractivity contribution in [2.45, 2.75) is 84.2 Å². The lowest BCUT2D eigenvalue weighted by Gasteiger charge is -2.46. The van der Waals surface area contributed by atoms with E-state index in [2.05, 4.69) is 32.6 Å². The Bertz CT molecular complexity index is 292. The van der Waals surface area contributed by atoms with E-state index in [4.69, 9.17) is 5.73 Å². The van der Waals surface area contributed by atoms with Gasteiger partial charge in [0.25, 0.3) is 0 Å². The fourth-order valence-electron chi connectivity index (χ4n) is 4.51. The summed E-state index contributed by atoms with van der Waals surface area (Å²) in [7, 11) is 0. The highest BCUT2D eigenvalue weighted by Crippen LogP contribution is 2.48. The summed E-state index contributed by atoms with van der Waals surface area (Å²) in [6.45, 7) is 11.6. The number of nitrogens with two attached hydrogens (primary N) is 1. The van der Waals surface area contributed by atoms with Crippen LogP contribution in [-0.4, -0.2) is 29.6 Å². The highest BCUT2D eigenvalue weighted by molar-refractivity contribution is 5.04. The molecule has 19 heavy (non-hydrogen) atoms. The largest absolute Gasteiger partial charge is 0.329 e. The normalized spacial score (nSPS) is 31.7. The molecule has 0 radical (unpaired) electrons. The Morgan fingerprint density at radius 3 is 2.21 bits per heavy atom. The molecule has 0 saturated heterocycles. The molecule has 2 aliphatic carbocycles. The van der Waals surface area contributed by atoms with Crippen LogP contribution in [0, 0.1) is 11.3 Å². The Morgan fingerprint density at radius 1 is 1.16 bits per heavy atom. The molecule has 2 aliphatic rings. The predicted molar refractivity (Wildman–Crippen MR) is 83.2 cm³/mol. The van der Waals surface area contributed by atoms with E-state index in [9.17, 15) is 0 Å². The van der Waals surface area contributed by atoms with Crippen LogP contribution in [0.15, 0.2) is 0 Å². The summed E-state index contributed by atoms with van der Waals surface area (Å²) in [5.41, 5.74) is 7.07. The van der Waals surface area contributed by atoms with Crippen molar-refractivity contribution in [1.82, 2.24) is 4.90 Å². The highest BCUT2D eigenvalue weighted by Gasteiger charge is 2.48. The van der Waals surface area contributed by atoms with Crippen LogP contribution in [0.5, 0.6) is 0 Å². The van der Waals surface area contributed by atoms with Gasteiger partial charge in [0.05, 0.1) is 0 Å². The third kappa shape index (κ3) is 3.33. The zero-order chi connectivity index (χ0) is 14.1. The molecule has 2 saturated carbocycles. The standard InChI is InChI=1S/C17H34N2/c1-14(2)11-19(15-7-5-6-8-15)17(13-18)10-9-16(3,4)12-17/h14-15H,5-13,18H2,1-4H3. The van der Waals surface area contributed by atoms with Crippen LogP contribution >= 0.6 is 0 Å². The molecule has 0 spiro atoms. The highest BCUT2D eigenvalue weighted by atomic mass is 15.2. The molecule has 0 amide bonds. The van der Waals surface area contributed by atoms with Gasteiger partial charge < -0.3 is 5.73 Å². The molecule has 0 aliphatic heterocycles. The zero-order valence-corrected chi connectivity index (χ0v) is 13.5. The van der Waals surface area contributed by atoms with Gasteiger partial charge in [-0.3, -0.25) is 4.90 Å². The first kappa shape index (κ1) is 15.3. The summed E-state index contributed by atoms with van der Waals surface area (Å²) in [6.07, 6.45) is 9.57. The van der Waals surface area contributed by atoms with Crippen LogP contribution in [-0.2, 0) is 0 Å². The molecular formula is C17H34N2. The maximum absolute atomic E-state index is 6.29. The van der Waals surface area contributed by atoms with Crippen molar-refractivity contribution in [3.63, 3.8) is 0 Å². The molecule has 1 atom stereocenters. The van der Waals surface area contributed by atoms with Crippen molar-refractivity contribution in [2.75, 3.05) is 13.1 Å². The smallest absolute Gasteiger partial charge is 0.0340 e. The molecule has 0 heterocycles. The van der Waals surface area contributed by atoms with Crippen molar-refractivity contribution in [3.8, 4) is 0 Å². The van der Waals surface area contributed by atoms with Crippen molar-refractivity contribution < 1.29 is 0 Å². The van der Waals surface area contributed by atoms with Crippen LogP contribution in [0.4, 0.5) is 0 Å². The van der Waals surface area contributed by atoms with Gasteiger partial charge in [0.1, 0.15) is 0 Å². The van der Waals surface area contributed by atoms with E-state index in [0.717, 1.165) is 18.5 Å². The Morgan fingerprint density at radius 2 is 1.79 bits per heavy atom. The van der Waals surface area contributed by atoms with Gasteiger partial charge in [-0.1, -0.05) is 40.5 Å². The number of nitrogens with zero attached hydrogens (tertiary/aromatic N) is 1. The van der Waals surface area contributed by atoms with Crippen molar-refractivity contribution >= 4 is 0 Å². The fourth-order valence-corrected chi connectivity index (χ4v) is 4.51. The van der Waals surface area contributed by atoms with E-state index in [1.54, 1.807) is 0 Å². The SMILES string of the molecule is CC(C)CN(C1CCCC1)C1(CN)CCC(C)(C)C1. The molecule has 2 rings (SSSR count). The quantitative estimate of drug-likeness (QED) is 0.820. The second-order valence-electron chi connectivity index (χ2n) is 8.25. The molecule has 0 bridgehead atoms. The summed E-state index contributed by atoms with van der Waals surface area (Å²) >= 11 is 0. The van der Waals surface area contributed by atoms with E-state index in [1.807, 2.05) is 0 Å². The average molecular weight is 266 g/mol. The van der Waals surface area contributed by atoms with Gasteiger partial charge in [0.15, 0.2) is 0 Å². The molecule has 1 unspecified atom stereocenters. The second-order valence-corrected chi connectivity index (χ2v) is 8.25. The maximum Gasteiger partial charge on any atom is 0.0340 e. The van der Waals surface area contributed by atoms with Crippen LogP contribution in [0.3, 0.4) is 0 Å². The van der Waals surface area contributed by atoms with Gasteiger partial charge in [0, 0.05) is 24.7 Å². The van der Waals surface area contributed by atoms with Gasteiger partial charge in [-0.25, -0.2) is 0 Å². The maximum atomic E-state index is 6.29. The van der Waals surface area contributed by atoms with Gasteiger partial charge in [-0.2, -0.15) is 0 Å². The van der Waals surface area contributed by atoms with Crippen LogP contribution in [0.1, 0.15) is 72.6 Å². The molecule has 2 heteroatoms. The molecule has 0 aromatic carbocycles. The summed E-state index contributed by atoms with van der Waals surface area (Å²) in [5.74, 6) is 0.743. The summed E-state index contributed by atoms with van der Waals surface area (Å²) in [5, 5.41) is 0. The number of hydrogen-bond donors (Lipinski definition) is 1.